The van der Waals surface area contributed by atoms with E-state index in [-0.39, 0.29) is 18.5 Å². The fraction of sp³-hybridized carbons (Fsp3) is 0.160. The van der Waals surface area contributed by atoms with Crippen molar-refractivity contribution in [1.29, 1.82) is 0 Å². The number of hydrogen-bond donors (Lipinski definition) is 2. The van der Waals surface area contributed by atoms with E-state index in [2.05, 4.69) is 15.8 Å². The van der Waals surface area contributed by atoms with Gasteiger partial charge in [0, 0.05) is 12.8 Å². The molecule has 0 saturated heterocycles. The molecule has 0 unspecified atom stereocenters. The summed E-state index contributed by atoms with van der Waals surface area (Å²) in [5, 5.41) is 6.32. The fourth-order valence-electron chi connectivity index (χ4n) is 2.78. The topological polar surface area (TPSA) is 89.0 Å². The minimum absolute atomic E-state index is 0.0736. The molecule has 0 bridgehead atoms. The van der Waals surface area contributed by atoms with Crippen LogP contribution in [0.1, 0.15) is 24.0 Å². The third-order valence-corrected chi connectivity index (χ3v) is 4.57. The molecule has 0 spiro atoms. The first-order chi connectivity index (χ1) is 16.0. The smallest absolute Gasteiger partial charge is 0.240 e. The highest BCUT2D eigenvalue weighted by Gasteiger charge is 2.09. The third-order valence-electron chi connectivity index (χ3n) is 4.57. The lowest BCUT2D eigenvalue weighted by atomic mass is 10.2. The third kappa shape index (κ3) is 7.77. The number of ether oxygens (including phenoxy) is 2. The fourth-order valence-corrected chi connectivity index (χ4v) is 2.78. The Morgan fingerprint density at radius 2 is 1.58 bits per heavy atom. The molecule has 0 saturated carbocycles. The average Bonchev–Trinajstić information content (AvgIpc) is 2.84. The number of rotatable bonds is 10. The summed E-state index contributed by atoms with van der Waals surface area (Å²) in [5.41, 5.74) is 4.24. The van der Waals surface area contributed by atoms with Gasteiger partial charge in [0.05, 0.1) is 19.0 Å². The van der Waals surface area contributed by atoms with Crippen LogP contribution in [0.3, 0.4) is 0 Å². The number of nitrogens with one attached hydrogen (secondary N) is 2. The Kier molecular flexibility index (Phi) is 8.53. The highest BCUT2D eigenvalue weighted by atomic mass is 19.1. The second-order valence-corrected chi connectivity index (χ2v) is 7.03. The molecule has 0 aliphatic carbocycles. The molecule has 0 heterocycles. The number of carbonyl (C=O) groups is 2. The Morgan fingerprint density at radius 1 is 0.909 bits per heavy atom. The first-order valence-electron chi connectivity index (χ1n) is 10.3. The standard InChI is InChI=1S/C25H24FN3O4/c1-32-20-10-8-19(9-11-20)17-33-21-12-6-18(7-13-21)16-27-29-25(31)15-14-24(30)28-23-5-3-2-4-22(23)26/h2-13,16H,14-15,17H2,1H3,(H,28,30)(H,29,31). The molecule has 0 radical (unpaired) electrons. The number of hydrogen-bond acceptors (Lipinski definition) is 5. The summed E-state index contributed by atoms with van der Waals surface area (Å²) < 4.78 is 24.4. The first kappa shape index (κ1) is 23.5. The second kappa shape index (κ2) is 12.0. The van der Waals surface area contributed by atoms with Gasteiger partial charge in [-0.3, -0.25) is 9.59 Å². The second-order valence-electron chi connectivity index (χ2n) is 7.03. The Bertz CT molecular complexity index is 1100. The van der Waals surface area contributed by atoms with Gasteiger partial charge in [0.1, 0.15) is 23.9 Å². The van der Waals surface area contributed by atoms with Gasteiger partial charge in [0.2, 0.25) is 11.8 Å². The minimum atomic E-state index is -0.531. The van der Waals surface area contributed by atoms with Crippen molar-refractivity contribution in [2.24, 2.45) is 5.10 Å². The number of halogens is 1. The number of carbonyl (C=O) groups excluding carboxylic acids is 2. The van der Waals surface area contributed by atoms with Gasteiger partial charge in [0.15, 0.2) is 0 Å². The maximum Gasteiger partial charge on any atom is 0.240 e. The number of para-hydroxylation sites is 1. The van der Waals surface area contributed by atoms with Gasteiger partial charge in [-0.1, -0.05) is 24.3 Å². The van der Waals surface area contributed by atoms with E-state index >= 15 is 0 Å². The normalized spacial score (nSPS) is 10.6. The number of nitrogens with zero attached hydrogens (tertiary/aromatic N) is 1. The molecule has 0 atom stereocenters. The van der Waals surface area contributed by atoms with E-state index in [4.69, 9.17) is 9.47 Å². The first-order valence-corrected chi connectivity index (χ1v) is 10.3. The number of anilines is 1. The van der Waals surface area contributed by atoms with E-state index < -0.39 is 17.6 Å². The predicted molar refractivity (Wildman–Crippen MR) is 124 cm³/mol. The van der Waals surface area contributed by atoms with Gasteiger partial charge >= 0.3 is 0 Å². The summed E-state index contributed by atoms with van der Waals surface area (Å²) in [5.74, 6) is 0.0871. The predicted octanol–water partition coefficient (Wildman–Crippen LogP) is 4.28. The lowest BCUT2D eigenvalue weighted by Crippen LogP contribution is -2.20. The molecule has 2 amide bonds. The van der Waals surface area contributed by atoms with Crippen molar-refractivity contribution in [3.05, 3.63) is 89.7 Å². The maximum atomic E-state index is 13.5. The van der Waals surface area contributed by atoms with Crippen LogP contribution in [0.4, 0.5) is 10.1 Å². The highest BCUT2D eigenvalue weighted by molar-refractivity contribution is 5.93. The molecular weight excluding hydrogens is 425 g/mol. The molecule has 170 valence electrons. The van der Waals surface area contributed by atoms with Crippen molar-refractivity contribution in [2.45, 2.75) is 19.4 Å². The minimum Gasteiger partial charge on any atom is -0.497 e. The molecule has 3 rings (SSSR count). The van der Waals surface area contributed by atoms with E-state index in [1.807, 2.05) is 24.3 Å². The lowest BCUT2D eigenvalue weighted by Gasteiger charge is -2.07. The van der Waals surface area contributed by atoms with Crippen LogP contribution < -0.4 is 20.2 Å². The van der Waals surface area contributed by atoms with Crippen LogP contribution >= 0.6 is 0 Å². The number of hydrazone groups is 1. The Labute approximate surface area is 191 Å². The van der Waals surface area contributed by atoms with Gasteiger partial charge in [-0.2, -0.15) is 5.10 Å². The van der Waals surface area contributed by atoms with Crippen molar-refractivity contribution in [2.75, 3.05) is 12.4 Å². The molecule has 3 aromatic carbocycles. The van der Waals surface area contributed by atoms with Crippen LogP contribution in [-0.2, 0) is 16.2 Å². The molecule has 0 aliphatic rings. The van der Waals surface area contributed by atoms with Crippen molar-refractivity contribution in [1.82, 2.24) is 5.43 Å². The summed E-state index contributed by atoms with van der Waals surface area (Å²) in [6, 6.07) is 20.7. The average molecular weight is 449 g/mol. The van der Waals surface area contributed by atoms with Gasteiger partial charge in [-0.05, 0) is 59.7 Å². The van der Waals surface area contributed by atoms with Crippen LogP contribution in [0.25, 0.3) is 0 Å². The molecule has 2 N–H and O–H groups in total. The number of benzene rings is 3. The zero-order valence-corrected chi connectivity index (χ0v) is 18.1. The summed E-state index contributed by atoms with van der Waals surface area (Å²) in [6.45, 7) is 0.429. The lowest BCUT2D eigenvalue weighted by molar-refractivity contribution is -0.124. The number of methoxy groups -OCH3 is 1. The largest absolute Gasteiger partial charge is 0.497 e. The molecule has 8 heteroatoms. The van der Waals surface area contributed by atoms with Gasteiger partial charge < -0.3 is 14.8 Å². The zero-order valence-electron chi connectivity index (χ0n) is 18.1. The molecular formula is C25H24FN3O4. The summed E-state index contributed by atoms with van der Waals surface area (Å²) in [7, 11) is 1.62. The quantitative estimate of drug-likeness (QED) is 0.357. The van der Waals surface area contributed by atoms with E-state index in [1.165, 1.54) is 24.4 Å². The molecule has 3 aromatic rings. The summed E-state index contributed by atoms with van der Waals surface area (Å²) >= 11 is 0. The van der Waals surface area contributed by atoms with Crippen LogP contribution in [0.5, 0.6) is 11.5 Å². The van der Waals surface area contributed by atoms with Gasteiger partial charge in [-0.15, -0.1) is 0 Å². The van der Waals surface area contributed by atoms with E-state index in [9.17, 15) is 14.0 Å². The van der Waals surface area contributed by atoms with Crippen molar-refractivity contribution in [3.63, 3.8) is 0 Å². The van der Waals surface area contributed by atoms with Crippen LogP contribution in [-0.4, -0.2) is 25.1 Å². The zero-order chi connectivity index (χ0) is 23.5. The molecule has 33 heavy (non-hydrogen) atoms. The highest BCUT2D eigenvalue weighted by Crippen LogP contribution is 2.16. The molecule has 0 aromatic heterocycles. The summed E-state index contributed by atoms with van der Waals surface area (Å²) in [4.78, 5) is 23.7. The number of amides is 2. The molecule has 0 aliphatic heterocycles. The Balaban J connectivity index is 1.38. The Morgan fingerprint density at radius 3 is 2.27 bits per heavy atom. The SMILES string of the molecule is COc1ccc(COc2ccc(C=NNC(=O)CCC(=O)Nc3ccccc3F)cc2)cc1. The van der Waals surface area contributed by atoms with Gasteiger partial charge in [0.25, 0.3) is 0 Å². The molecule has 7 nitrogen and oxygen atoms in total. The van der Waals surface area contributed by atoms with Crippen molar-refractivity contribution < 1.29 is 23.5 Å². The van der Waals surface area contributed by atoms with E-state index in [0.717, 1.165) is 16.9 Å². The van der Waals surface area contributed by atoms with Crippen molar-refractivity contribution >= 4 is 23.7 Å². The van der Waals surface area contributed by atoms with Crippen molar-refractivity contribution in [3.8, 4) is 11.5 Å². The van der Waals surface area contributed by atoms with E-state index in [1.54, 1.807) is 37.4 Å². The van der Waals surface area contributed by atoms with Crippen LogP contribution in [0.2, 0.25) is 0 Å². The molecule has 0 fully saturated rings. The summed E-state index contributed by atoms with van der Waals surface area (Å²) in [6.07, 6.45) is 1.33. The van der Waals surface area contributed by atoms with Crippen LogP contribution in [0, 0.1) is 5.82 Å². The van der Waals surface area contributed by atoms with Crippen LogP contribution in [0.15, 0.2) is 77.9 Å². The monoisotopic (exact) mass is 449 g/mol. The maximum absolute atomic E-state index is 13.5. The van der Waals surface area contributed by atoms with E-state index in [0.29, 0.717) is 12.4 Å². The van der Waals surface area contributed by atoms with Gasteiger partial charge in [-0.25, -0.2) is 9.82 Å². The Hall–Kier alpha value is -4.20.